The van der Waals surface area contributed by atoms with E-state index >= 15 is 0 Å². The van der Waals surface area contributed by atoms with Crippen molar-refractivity contribution in [1.82, 2.24) is 4.90 Å². The van der Waals surface area contributed by atoms with Gasteiger partial charge in [0.15, 0.2) is 0 Å². The van der Waals surface area contributed by atoms with Crippen molar-refractivity contribution in [3.63, 3.8) is 0 Å². The number of anilines is 1. The Hall–Kier alpha value is -2.40. The molecule has 1 aliphatic rings. The Bertz CT molecular complexity index is 753. The summed E-state index contributed by atoms with van der Waals surface area (Å²) in [4.78, 5) is 18.2. The number of benzene rings is 2. The molecule has 0 aliphatic carbocycles. The van der Waals surface area contributed by atoms with Gasteiger partial charge in [-0.25, -0.2) is 0 Å². The number of hydrogen-bond acceptors (Lipinski definition) is 4. The van der Waals surface area contributed by atoms with E-state index < -0.39 is 0 Å². The number of ether oxygens (including phenoxy) is 1. The molecule has 3 rings (SSSR count). The molecule has 4 nitrogen and oxygen atoms in total. The predicted molar refractivity (Wildman–Crippen MR) is 108 cm³/mol. The second-order valence-corrected chi connectivity index (χ2v) is 7.13. The molecule has 0 bridgehead atoms. The average Bonchev–Trinajstić information content (AvgIpc) is 2.72. The molecule has 0 unspecified atom stereocenters. The fourth-order valence-electron chi connectivity index (χ4n) is 3.05. The molecule has 136 valence electrons. The Kier molecular flexibility index (Phi) is 6.23. The molecule has 2 aromatic rings. The van der Waals surface area contributed by atoms with Crippen molar-refractivity contribution in [1.29, 1.82) is 0 Å². The maximum absolute atomic E-state index is 13.0. The third kappa shape index (κ3) is 4.22. The van der Waals surface area contributed by atoms with E-state index in [2.05, 4.69) is 23.6 Å². The average molecular weight is 369 g/mol. The number of nitrogens with zero attached hydrogens (tertiary/aromatic N) is 2. The Labute approximate surface area is 159 Å². The van der Waals surface area contributed by atoms with Crippen LogP contribution in [0.5, 0.6) is 5.75 Å². The molecular weight excluding hydrogens is 344 g/mol. The molecule has 0 aromatic heterocycles. The summed E-state index contributed by atoms with van der Waals surface area (Å²) in [6, 6.07) is 15.9. The minimum atomic E-state index is 0.117. The van der Waals surface area contributed by atoms with E-state index in [1.165, 1.54) is 5.69 Å². The Morgan fingerprint density at radius 3 is 2.46 bits per heavy atom. The summed E-state index contributed by atoms with van der Waals surface area (Å²) >= 11 is 1.65. The van der Waals surface area contributed by atoms with Gasteiger partial charge in [0.25, 0.3) is 5.91 Å². The third-order valence-electron chi connectivity index (χ3n) is 4.48. The van der Waals surface area contributed by atoms with E-state index in [4.69, 9.17) is 4.74 Å². The summed E-state index contributed by atoms with van der Waals surface area (Å²) in [6.07, 6.45) is 1.86. The molecule has 1 heterocycles. The monoisotopic (exact) mass is 368 g/mol. The molecule has 0 atom stereocenters. The molecular formula is C21H24N2O2S. The first-order valence-corrected chi connectivity index (χ1v) is 9.72. The van der Waals surface area contributed by atoms with Crippen LogP contribution in [0, 0.1) is 0 Å². The zero-order chi connectivity index (χ0) is 18.4. The van der Waals surface area contributed by atoms with Gasteiger partial charge in [-0.15, -0.1) is 18.3 Å². The minimum Gasteiger partial charge on any atom is -0.497 e. The standard InChI is InChI=1S/C21H24N2O2S/c1-3-16-26-20-7-5-4-6-19(20)21(24)23-14-12-22(13-15-23)17-8-10-18(25-2)11-9-17/h3-11H,1,12-16H2,2H3. The lowest BCUT2D eigenvalue weighted by atomic mass is 10.1. The van der Waals surface area contributed by atoms with Crippen LogP contribution < -0.4 is 9.64 Å². The Balaban J connectivity index is 1.64. The largest absolute Gasteiger partial charge is 0.497 e. The van der Waals surface area contributed by atoms with E-state index in [1.807, 2.05) is 47.4 Å². The summed E-state index contributed by atoms with van der Waals surface area (Å²) in [5, 5.41) is 0. The predicted octanol–water partition coefficient (Wildman–Crippen LogP) is 3.94. The van der Waals surface area contributed by atoms with Crippen molar-refractivity contribution in [3.05, 3.63) is 66.7 Å². The van der Waals surface area contributed by atoms with Crippen LogP contribution in [0.1, 0.15) is 10.4 Å². The van der Waals surface area contributed by atoms with Crippen LogP contribution in [-0.2, 0) is 0 Å². The molecule has 1 aliphatic heterocycles. The summed E-state index contributed by atoms with van der Waals surface area (Å²) in [6.45, 7) is 6.88. The van der Waals surface area contributed by atoms with Crippen molar-refractivity contribution in [3.8, 4) is 5.75 Å². The molecule has 0 radical (unpaired) electrons. The van der Waals surface area contributed by atoms with Gasteiger partial charge in [-0.3, -0.25) is 4.79 Å². The van der Waals surface area contributed by atoms with E-state index in [9.17, 15) is 4.79 Å². The van der Waals surface area contributed by atoms with Crippen LogP contribution in [0.15, 0.2) is 66.1 Å². The summed E-state index contributed by atoms with van der Waals surface area (Å²) < 4.78 is 5.21. The fraction of sp³-hybridized carbons (Fsp3) is 0.286. The van der Waals surface area contributed by atoms with Gasteiger partial charge in [0, 0.05) is 42.5 Å². The normalized spacial score (nSPS) is 14.2. The number of carbonyl (C=O) groups is 1. The molecule has 0 spiro atoms. The lowest BCUT2D eigenvalue weighted by molar-refractivity contribution is 0.0743. The van der Waals surface area contributed by atoms with Gasteiger partial charge < -0.3 is 14.5 Å². The fourth-order valence-corrected chi connectivity index (χ4v) is 3.83. The highest BCUT2D eigenvalue weighted by molar-refractivity contribution is 7.99. The van der Waals surface area contributed by atoms with E-state index in [1.54, 1.807) is 18.9 Å². The van der Waals surface area contributed by atoms with Crippen molar-refractivity contribution < 1.29 is 9.53 Å². The van der Waals surface area contributed by atoms with Crippen LogP contribution in [0.3, 0.4) is 0 Å². The van der Waals surface area contributed by atoms with E-state index in [0.29, 0.717) is 0 Å². The first-order chi connectivity index (χ1) is 12.7. The zero-order valence-corrected chi connectivity index (χ0v) is 15.9. The van der Waals surface area contributed by atoms with Crippen LogP contribution in [0.25, 0.3) is 0 Å². The van der Waals surface area contributed by atoms with E-state index in [-0.39, 0.29) is 5.91 Å². The number of piperazine rings is 1. The van der Waals surface area contributed by atoms with Gasteiger partial charge in [0.05, 0.1) is 12.7 Å². The van der Waals surface area contributed by atoms with Crippen molar-refractivity contribution >= 4 is 23.4 Å². The number of rotatable bonds is 6. The molecule has 1 fully saturated rings. The highest BCUT2D eigenvalue weighted by Crippen LogP contribution is 2.25. The maximum Gasteiger partial charge on any atom is 0.255 e. The summed E-state index contributed by atoms with van der Waals surface area (Å²) in [5.74, 6) is 1.78. The highest BCUT2D eigenvalue weighted by Gasteiger charge is 2.23. The summed E-state index contributed by atoms with van der Waals surface area (Å²) in [5.41, 5.74) is 1.96. The SMILES string of the molecule is C=CCSc1ccccc1C(=O)N1CCN(c2ccc(OC)cc2)CC1. The molecule has 26 heavy (non-hydrogen) atoms. The van der Waals surface area contributed by atoms with Crippen LogP contribution in [-0.4, -0.2) is 49.8 Å². The molecule has 1 saturated heterocycles. The second kappa shape index (κ2) is 8.81. The van der Waals surface area contributed by atoms with Gasteiger partial charge in [-0.1, -0.05) is 18.2 Å². The minimum absolute atomic E-state index is 0.117. The first-order valence-electron chi connectivity index (χ1n) is 8.74. The van der Waals surface area contributed by atoms with Gasteiger partial charge in [-0.05, 0) is 36.4 Å². The Morgan fingerprint density at radius 2 is 1.81 bits per heavy atom. The quantitative estimate of drug-likeness (QED) is 0.571. The molecule has 0 saturated carbocycles. The lowest BCUT2D eigenvalue weighted by Gasteiger charge is -2.36. The zero-order valence-electron chi connectivity index (χ0n) is 15.1. The van der Waals surface area contributed by atoms with Crippen molar-refractivity contribution in [2.45, 2.75) is 4.90 Å². The number of thioether (sulfide) groups is 1. The van der Waals surface area contributed by atoms with Gasteiger partial charge in [0.1, 0.15) is 5.75 Å². The van der Waals surface area contributed by atoms with Crippen LogP contribution in [0.2, 0.25) is 0 Å². The second-order valence-electron chi connectivity index (χ2n) is 6.07. The third-order valence-corrected chi connectivity index (χ3v) is 5.55. The number of carbonyl (C=O) groups excluding carboxylic acids is 1. The molecule has 5 heteroatoms. The smallest absolute Gasteiger partial charge is 0.255 e. The van der Waals surface area contributed by atoms with Gasteiger partial charge >= 0.3 is 0 Å². The maximum atomic E-state index is 13.0. The van der Waals surface area contributed by atoms with Gasteiger partial charge in [-0.2, -0.15) is 0 Å². The van der Waals surface area contributed by atoms with Crippen molar-refractivity contribution in [2.24, 2.45) is 0 Å². The Morgan fingerprint density at radius 1 is 1.12 bits per heavy atom. The van der Waals surface area contributed by atoms with Crippen LogP contribution >= 0.6 is 11.8 Å². The van der Waals surface area contributed by atoms with Crippen molar-refractivity contribution in [2.75, 3.05) is 43.9 Å². The molecule has 2 aromatic carbocycles. The van der Waals surface area contributed by atoms with Gasteiger partial charge in [0.2, 0.25) is 0 Å². The first kappa shape index (κ1) is 18.4. The van der Waals surface area contributed by atoms with E-state index in [0.717, 1.165) is 48.1 Å². The number of hydrogen-bond donors (Lipinski definition) is 0. The lowest BCUT2D eigenvalue weighted by Crippen LogP contribution is -2.48. The van der Waals surface area contributed by atoms with Crippen LogP contribution in [0.4, 0.5) is 5.69 Å². The molecule has 1 amide bonds. The molecule has 0 N–H and O–H groups in total. The highest BCUT2D eigenvalue weighted by atomic mass is 32.2. The number of methoxy groups -OCH3 is 1. The summed E-state index contributed by atoms with van der Waals surface area (Å²) in [7, 11) is 1.67. The topological polar surface area (TPSA) is 32.8 Å². The number of amides is 1.